The number of rotatable bonds is 7. The van der Waals surface area contributed by atoms with Gasteiger partial charge in [-0.25, -0.2) is 0 Å². The number of nitrogens with zero attached hydrogens (tertiary/aromatic N) is 2. The summed E-state index contributed by atoms with van der Waals surface area (Å²) in [6.07, 6.45) is 0. The molecule has 0 atom stereocenters. The van der Waals surface area contributed by atoms with Crippen LogP contribution in [0.5, 0.6) is 5.75 Å². The molecule has 0 spiro atoms. The van der Waals surface area contributed by atoms with Gasteiger partial charge in [0.15, 0.2) is 5.78 Å². The van der Waals surface area contributed by atoms with Crippen molar-refractivity contribution in [2.24, 2.45) is 5.41 Å². The highest BCUT2D eigenvalue weighted by Crippen LogP contribution is 2.29. The topological polar surface area (TPSA) is 81.4 Å². The molecule has 1 N–H and O–H groups in total. The number of carbonyl (C=O) groups is 2. The van der Waals surface area contributed by atoms with Crippen LogP contribution in [-0.2, 0) is 17.3 Å². The molecule has 0 aliphatic rings. The first-order valence-electron chi connectivity index (χ1n) is 9.69. The van der Waals surface area contributed by atoms with Crippen LogP contribution >= 0.6 is 0 Å². The fourth-order valence-electron chi connectivity index (χ4n) is 3.04. The van der Waals surface area contributed by atoms with Crippen molar-refractivity contribution in [1.82, 2.24) is 9.78 Å². The van der Waals surface area contributed by atoms with E-state index in [0.29, 0.717) is 16.7 Å². The molecule has 1 aromatic heterocycles. The quantitative estimate of drug-likeness (QED) is 0.574. The predicted octanol–water partition coefficient (Wildman–Crippen LogP) is 3.98. The summed E-state index contributed by atoms with van der Waals surface area (Å²) in [6.45, 7) is 4.06. The monoisotopic (exact) mass is 430 g/mol. The number of aromatic nitrogens is 2. The number of methoxy groups -OCH3 is 1. The maximum atomic E-state index is 13.6. The zero-order valence-electron chi connectivity index (χ0n) is 17.8. The molecule has 8 heteroatoms. The van der Waals surface area contributed by atoms with Gasteiger partial charge < -0.3 is 9.84 Å². The van der Waals surface area contributed by atoms with Gasteiger partial charge in [-0.05, 0) is 12.1 Å². The summed E-state index contributed by atoms with van der Waals surface area (Å²) in [4.78, 5) is 25.7. The summed E-state index contributed by atoms with van der Waals surface area (Å²) in [5.41, 5.74) is -0.135. The minimum atomic E-state index is -3.39. The molecule has 6 nitrogen and oxygen atoms in total. The van der Waals surface area contributed by atoms with E-state index in [9.17, 15) is 18.4 Å². The largest absolute Gasteiger partial charge is 0.497 e. The van der Waals surface area contributed by atoms with Crippen molar-refractivity contribution in [3.05, 3.63) is 59.3 Å². The van der Waals surface area contributed by atoms with Crippen LogP contribution in [0.4, 0.5) is 8.78 Å². The van der Waals surface area contributed by atoms with Gasteiger partial charge in [0.1, 0.15) is 24.6 Å². The van der Waals surface area contributed by atoms with E-state index in [0.717, 1.165) is 12.1 Å². The lowest BCUT2D eigenvalue weighted by atomic mass is 9.91. The van der Waals surface area contributed by atoms with Gasteiger partial charge in [-0.1, -0.05) is 45.0 Å². The van der Waals surface area contributed by atoms with Gasteiger partial charge in [0, 0.05) is 28.0 Å². The lowest BCUT2D eigenvalue weighted by Gasteiger charge is -2.16. The van der Waals surface area contributed by atoms with Gasteiger partial charge in [0.25, 0.3) is 5.92 Å². The number of alkyl halides is 2. The minimum Gasteiger partial charge on any atom is -0.497 e. The van der Waals surface area contributed by atoms with Crippen molar-refractivity contribution < 1.29 is 28.2 Å². The lowest BCUT2D eigenvalue weighted by molar-refractivity contribution is -0.127. The van der Waals surface area contributed by atoms with Crippen LogP contribution in [-0.4, -0.2) is 40.2 Å². The Kier molecular flexibility index (Phi) is 5.96. The molecule has 1 heterocycles. The number of Topliss-reactive ketones (excluding diaryl/α,β-unsaturated/α-hetero) is 1. The van der Waals surface area contributed by atoms with Crippen molar-refractivity contribution in [2.75, 3.05) is 13.7 Å². The van der Waals surface area contributed by atoms with Crippen LogP contribution in [0.25, 0.3) is 10.9 Å². The van der Waals surface area contributed by atoms with Crippen LogP contribution in [0.3, 0.4) is 0 Å². The second-order valence-electron chi connectivity index (χ2n) is 8.33. The fraction of sp³-hybridized carbons (Fsp3) is 0.348. The van der Waals surface area contributed by atoms with Crippen LogP contribution in [0.2, 0.25) is 0 Å². The first-order chi connectivity index (χ1) is 14.5. The molecule has 0 saturated carbocycles. The van der Waals surface area contributed by atoms with Gasteiger partial charge in [0.05, 0.1) is 12.6 Å². The molecular formula is C23H24F2N2O4. The van der Waals surface area contributed by atoms with Gasteiger partial charge in [-0.2, -0.15) is 13.9 Å². The number of benzene rings is 2. The Morgan fingerprint density at radius 1 is 1.10 bits per heavy atom. The molecule has 31 heavy (non-hydrogen) atoms. The predicted molar refractivity (Wildman–Crippen MR) is 112 cm³/mol. The Hall–Kier alpha value is -3.13. The Balaban J connectivity index is 2.05. The number of hydrogen-bond donors (Lipinski definition) is 1. The molecular weight excluding hydrogens is 406 g/mol. The molecule has 0 amide bonds. The number of fused-ring (bicyclic) bond motifs is 1. The maximum Gasteiger partial charge on any atom is 0.295 e. The highest BCUT2D eigenvalue weighted by molar-refractivity contribution is 6.15. The van der Waals surface area contributed by atoms with E-state index < -0.39 is 23.7 Å². The molecule has 2 aromatic carbocycles. The van der Waals surface area contributed by atoms with Crippen LogP contribution in [0.15, 0.2) is 42.5 Å². The molecule has 0 fully saturated rings. The number of ether oxygens (including phenoxy) is 1. The fourth-order valence-corrected chi connectivity index (χ4v) is 3.04. The highest BCUT2D eigenvalue weighted by Gasteiger charge is 2.31. The molecule has 0 radical (unpaired) electrons. The molecule has 0 aliphatic heterocycles. The van der Waals surface area contributed by atoms with Gasteiger partial charge in [0.2, 0.25) is 5.78 Å². The summed E-state index contributed by atoms with van der Waals surface area (Å²) in [7, 11) is 1.51. The van der Waals surface area contributed by atoms with Crippen molar-refractivity contribution >= 4 is 22.5 Å². The number of carbonyl (C=O) groups excluding carboxylic acids is 2. The van der Waals surface area contributed by atoms with Crippen molar-refractivity contribution in [2.45, 2.75) is 33.2 Å². The van der Waals surface area contributed by atoms with E-state index in [2.05, 4.69) is 5.10 Å². The smallest absolute Gasteiger partial charge is 0.295 e. The molecule has 0 saturated heterocycles. The normalized spacial score (nSPS) is 12.2. The van der Waals surface area contributed by atoms with Gasteiger partial charge in [-0.15, -0.1) is 0 Å². The summed E-state index contributed by atoms with van der Waals surface area (Å²) in [5.74, 6) is -3.36. The second-order valence-corrected chi connectivity index (χ2v) is 8.33. The van der Waals surface area contributed by atoms with Crippen molar-refractivity contribution in [3.63, 3.8) is 0 Å². The molecule has 0 aliphatic carbocycles. The summed E-state index contributed by atoms with van der Waals surface area (Å²) in [6, 6.07) is 9.82. The third-order valence-electron chi connectivity index (χ3n) is 5.07. The first kappa shape index (κ1) is 22.6. The average molecular weight is 430 g/mol. The van der Waals surface area contributed by atoms with Crippen molar-refractivity contribution in [1.29, 1.82) is 0 Å². The number of hydrogen-bond acceptors (Lipinski definition) is 5. The summed E-state index contributed by atoms with van der Waals surface area (Å²) in [5, 5.41) is 13.7. The van der Waals surface area contributed by atoms with E-state index in [-0.39, 0.29) is 29.1 Å². The van der Waals surface area contributed by atoms with Gasteiger partial charge >= 0.3 is 0 Å². The Bertz CT molecular complexity index is 1130. The summed E-state index contributed by atoms with van der Waals surface area (Å²) < 4.78 is 34.0. The number of halogens is 2. The van der Waals surface area contributed by atoms with Crippen LogP contribution in [0.1, 0.15) is 42.4 Å². The first-order valence-corrected chi connectivity index (χ1v) is 9.69. The number of aliphatic hydroxyl groups excluding tert-OH is 1. The van der Waals surface area contributed by atoms with E-state index in [1.165, 1.54) is 23.9 Å². The molecule has 3 aromatic rings. The zero-order chi connectivity index (χ0) is 23.0. The summed E-state index contributed by atoms with van der Waals surface area (Å²) >= 11 is 0. The van der Waals surface area contributed by atoms with Crippen LogP contribution in [0, 0.1) is 5.41 Å². The third kappa shape index (κ3) is 4.49. The minimum absolute atomic E-state index is 0.0257. The number of aliphatic hydroxyl groups is 1. The standard InChI is InChI=1S/C23H24F2N2O4/c1-22(2,3)19(29)12-27-18-11-16(31-4)9-10-17(18)20(26-27)21(30)14-5-7-15(8-6-14)23(24,25)13-28/h5-11,28H,12-13H2,1-4H3. The number of ketones is 2. The Morgan fingerprint density at radius 3 is 2.29 bits per heavy atom. The van der Waals surface area contributed by atoms with Crippen LogP contribution < -0.4 is 4.74 Å². The Labute approximate surface area is 178 Å². The second kappa shape index (κ2) is 8.19. The van der Waals surface area contributed by atoms with Crippen molar-refractivity contribution in [3.8, 4) is 5.75 Å². The average Bonchev–Trinajstić information content (AvgIpc) is 3.10. The van der Waals surface area contributed by atoms with E-state index in [1.807, 2.05) is 0 Å². The third-order valence-corrected chi connectivity index (χ3v) is 5.07. The molecule has 0 unspecified atom stereocenters. The molecule has 164 valence electrons. The highest BCUT2D eigenvalue weighted by atomic mass is 19.3. The lowest BCUT2D eigenvalue weighted by Crippen LogP contribution is -2.25. The molecule has 3 rings (SSSR count). The Morgan fingerprint density at radius 2 is 1.74 bits per heavy atom. The van der Waals surface area contributed by atoms with E-state index >= 15 is 0 Å². The van der Waals surface area contributed by atoms with Gasteiger partial charge in [-0.3, -0.25) is 14.3 Å². The maximum absolute atomic E-state index is 13.6. The van der Waals surface area contributed by atoms with E-state index in [1.54, 1.807) is 39.0 Å². The SMILES string of the molecule is COc1ccc2c(C(=O)c3ccc(C(F)(F)CO)cc3)nn(CC(=O)C(C)(C)C)c2c1. The zero-order valence-corrected chi connectivity index (χ0v) is 17.8. The molecule has 0 bridgehead atoms. The van der Waals surface area contributed by atoms with E-state index in [4.69, 9.17) is 9.84 Å².